The zero-order chi connectivity index (χ0) is 30.9. The van der Waals surface area contributed by atoms with E-state index in [0.29, 0.717) is 12.8 Å². The molecule has 0 spiro atoms. The van der Waals surface area contributed by atoms with Crippen LogP contribution in [-0.4, -0.2) is 32.7 Å². The lowest BCUT2D eigenvalue weighted by atomic mass is 10.0. The van der Waals surface area contributed by atoms with Crippen molar-refractivity contribution >= 4 is 33.5 Å². The van der Waals surface area contributed by atoms with Gasteiger partial charge in [-0.25, -0.2) is 0 Å². The van der Waals surface area contributed by atoms with Gasteiger partial charge in [0.25, 0.3) is 0 Å². The van der Waals surface area contributed by atoms with E-state index in [1.165, 1.54) is 154 Å². The fourth-order valence-corrected chi connectivity index (χ4v) is 9.12. The Balaban J connectivity index is 4.58. The summed E-state index contributed by atoms with van der Waals surface area (Å²) in [6.07, 6.45) is 36.4. The summed E-state index contributed by atoms with van der Waals surface area (Å²) in [6.45, 7) is 4.58. The molecule has 42 heavy (non-hydrogen) atoms. The third kappa shape index (κ3) is 32.6. The summed E-state index contributed by atoms with van der Waals surface area (Å²) in [4.78, 5) is 21.4. The average Bonchev–Trinajstić information content (AvgIpc) is 2.96. The first-order valence-corrected chi connectivity index (χ1v) is 20.5. The van der Waals surface area contributed by atoms with Crippen molar-refractivity contribution in [2.45, 2.75) is 217 Å². The molecule has 2 atom stereocenters. The van der Waals surface area contributed by atoms with Crippen molar-refractivity contribution in [1.82, 2.24) is 0 Å². The Morgan fingerprint density at radius 2 is 0.643 bits per heavy atom. The number of carboxylic acids is 2. The van der Waals surface area contributed by atoms with Gasteiger partial charge in [0.05, 0.1) is 0 Å². The monoisotopic (exact) mass is 630 g/mol. The number of hydrogen-bond donors (Lipinski definition) is 2. The SMILES string of the molecule is CCCCCCCCC(CCCCCCCCC(=O)O)SSC(CCCCCCCC)CCCCCCCCC(=O)O. The van der Waals surface area contributed by atoms with Crippen LogP contribution in [0.2, 0.25) is 0 Å². The standard InChI is InChI=1S/C36H70O4S2/c1-3-5-7-9-15-21-27-33(29-23-17-11-13-19-25-31-35(37)38)41-42-34(28-22-16-10-8-6-4-2)30-24-18-12-14-20-26-32-36(39)40/h33-34H,3-32H2,1-2H3,(H,37,38)(H,39,40). The molecule has 0 aliphatic heterocycles. The van der Waals surface area contributed by atoms with Crippen LogP contribution in [0.4, 0.5) is 0 Å². The third-order valence-electron chi connectivity index (χ3n) is 8.42. The van der Waals surface area contributed by atoms with E-state index >= 15 is 0 Å². The van der Waals surface area contributed by atoms with Crippen LogP contribution in [0.1, 0.15) is 206 Å². The Hall–Kier alpha value is -0.360. The summed E-state index contributed by atoms with van der Waals surface area (Å²) in [6, 6.07) is 0. The first kappa shape index (κ1) is 41.6. The van der Waals surface area contributed by atoms with E-state index in [1.54, 1.807) is 0 Å². The lowest BCUT2D eigenvalue weighted by Gasteiger charge is -2.21. The molecular weight excluding hydrogens is 561 g/mol. The summed E-state index contributed by atoms with van der Waals surface area (Å²) in [5.41, 5.74) is 0. The van der Waals surface area contributed by atoms with Gasteiger partial charge in [-0.05, 0) is 38.5 Å². The van der Waals surface area contributed by atoms with Crippen LogP contribution in [0.5, 0.6) is 0 Å². The van der Waals surface area contributed by atoms with Gasteiger partial charge in [0.1, 0.15) is 0 Å². The zero-order valence-electron chi connectivity index (χ0n) is 27.9. The number of unbranched alkanes of at least 4 members (excludes halogenated alkanes) is 20. The Kier molecular flexibility index (Phi) is 33.2. The maximum atomic E-state index is 10.7. The number of hydrogen-bond acceptors (Lipinski definition) is 4. The second-order valence-corrected chi connectivity index (χ2v) is 15.5. The van der Waals surface area contributed by atoms with Crippen molar-refractivity contribution < 1.29 is 19.8 Å². The first-order chi connectivity index (χ1) is 20.5. The normalized spacial score (nSPS) is 12.9. The van der Waals surface area contributed by atoms with E-state index < -0.39 is 11.9 Å². The van der Waals surface area contributed by atoms with E-state index in [4.69, 9.17) is 10.2 Å². The highest BCUT2D eigenvalue weighted by atomic mass is 33.1. The molecule has 4 nitrogen and oxygen atoms in total. The average molecular weight is 631 g/mol. The van der Waals surface area contributed by atoms with Crippen LogP contribution in [0.25, 0.3) is 0 Å². The van der Waals surface area contributed by atoms with Gasteiger partial charge in [0.2, 0.25) is 0 Å². The second kappa shape index (κ2) is 33.5. The minimum Gasteiger partial charge on any atom is -0.481 e. The van der Waals surface area contributed by atoms with Crippen molar-refractivity contribution in [2.75, 3.05) is 0 Å². The molecule has 0 radical (unpaired) electrons. The molecule has 2 N–H and O–H groups in total. The molecule has 0 aromatic rings. The van der Waals surface area contributed by atoms with Crippen LogP contribution < -0.4 is 0 Å². The Morgan fingerprint density at radius 1 is 0.405 bits per heavy atom. The van der Waals surface area contributed by atoms with Gasteiger partial charge in [-0.3, -0.25) is 9.59 Å². The number of carbonyl (C=O) groups is 2. The summed E-state index contributed by atoms with van der Waals surface area (Å²) in [5.74, 6) is -1.32. The van der Waals surface area contributed by atoms with Crippen molar-refractivity contribution in [3.63, 3.8) is 0 Å². The maximum Gasteiger partial charge on any atom is 0.303 e. The summed E-state index contributed by atoms with van der Waals surface area (Å²) >= 11 is 0. The van der Waals surface area contributed by atoms with Crippen LogP contribution in [-0.2, 0) is 9.59 Å². The van der Waals surface area contributed by atoms with Gasteiger partial charge >= 0.3 is 11.9 Å². The molecule has 0 saturated carbocycles. The highest BCUT2D eigenvalue weighted by Crippen LogP contribution is 2.40. The van der Waals surface area contributed by atoms with Gasteiger partial charge in [0.15, 0.2) is 0 Å². The van der Waals surface area contributed by atoms with Crippen molar-refractivity contribution in [3.05, 3.63) is 0 Å². The van der Waals surface area contributed by atoms with Crippen molar-refractivity contribution in [2.24, 2.45) is 0 Å². The molecule has 0 aromatic carbocycles. The molecule has 0 aliphatic carbocycles. The first-order valence-electron chi connectivity index (χ1n) is 18.2. The molecule has 0 heterocycles. The van der Waals surface area contributed by atoms with Crippen LogP contribution in [0, 0.1) is 0 Å². The third-order valence-corrected chi connectivity index (χ3v) is 12.0. The quantitative estimate of drug-likeness (QED) is 0.0536. The topological polar surface area (TPSA) is 74.6 Å². The Labute approximate surface area is 269 Å². The van der Waals surface area contributed by atoms with E-state index in [2.05, 4.69) is 35.4 Å². The van der Waals surface area contributed by atoms with Gasteiger partial charge < -0.3 is 10.2 Å². The van der Waals surface area contributed by atoms with E-state index in [0.717, 1.165) is 36.2 Å². The Bertz CT molecular complexity index is 537. The van der Waals surface area contributed by atoms with Crippen molar-refractivity contribution in [1.29, 1.82) is 0 Å². The molecule has 0 aliphatic rings. The van der Waals surface area contributed by atoms with Gasteiger partial charge in [-0.15, -0.1) is 0 Å². The lowest BCUT2D eigenvalue weighted by molar-refractivity contribution is -0.138. The summed E-state index contributed by atoms with van der Waals surface area (Å²) in [5, 5.41) is 19.2. The number of aliphatic carboxylic acids is 2. The molecule has 0 saturated heterocycles. The minimum absolute atomic E-state index is 0.320. The van der Waals surface area contributed by atoms with Crippen LogP contribution >= 0.6 is 21.6 Å². The molecule has 0 fully saturated rings. The highest BCUT2D eigenvalue weighted by Gasteiger charge is 2.15. The van der Waals surface area contributed by atoms with E-state index in [1.807, 2.05) is 0 Å². The molecule has 6 heteroatoms. The molecule has 2 unspecified atom stereocenters. The molecule has 0 amide bonds. The predicted molar refractivity (Wildman–Crippen MR) is 188 cm³/mol. The van der Waals surface area contributed by atoms with Gasteiger partial charge in [0, 0.05) is 23.3 Å². The molecule has 0 rings (SSSR count). The van der Waals surface area contributed by atoms with E-state index in [9.17, 15) is 9.59 Å². The van der Waals surface area contributed by atoms with Crippen molar-refractivity contribution in [3.8, 4) is 0 Å². The summed E-state index contributed by atoms with van der Waals surface area (Å²) in [7, 11) is 4.44. The van der Waals surface area contributed by atoms with Crippen LogP contribution in [0.3, 0.4) is 0 Å². The van der Waals surface area contributed by atoms with Crippen LogP contribution in [0.15, 0.2) is 0 Å². The number of rotatable bonds is 35. The minimum atomic E-state index is -0.662. The second-order valence-electron chi connectivity index (χ2n) is 12.7. The maximum absolute atomic E-state index is 10.7. The molecular formula is C36H70O4S2. The predicted octanol–water partition coefficient (Wildman–Crippen LogP) is 13.0. The molecule has 0 aromatic heterocycles. The number of carboxylic acid groups (broad SMARTS) is 2. The Morgan fingerprint density at radius 3 is 0.905 bits per heavy atom. The largest absolute Gasteiger partial charge is 0.481 e. The fourth-order valence-electron chi connectivity index (χ4n) is 5.65. The fraction of sp³-hybridized carbons (Fsp3) is 0.944. The molecule has 0 bridgehead atoms. The van der Waals surface area contributed by atoms with Gasteiger partial charge in [-0.2, -0.15) is 0 Å². The smallest absolute Gasteiger partial charge is 0.303 e. The lowest BCUT2D eigenvalue weighted by Crippen LogP contribution is -2.06. The summed E-state index contributed by atoms with van der Waals surface area (Å²) < 4.78 is 0. The molecule has 250 valence electrons. The van der Waals surface area contributed by atoms with Gasteiger partial charge in [-0.1, -0.05) is 177 Å². The highest BCUT2D eigenvalue weighted by molar-refractivity contribution is 8.77. The van der Waals surface area contributed by atoms with E-state index in [-0.39, 0.29) is 0 Å². The zero-order valence-corrected chi connectivity index (χ0v) is 29.5.